The smallest absolute Gasteiger partial charge is 0.268 e. The fourth-order valence-corrected chi connectivity index (χ4v) is 5.04. The Bertz CT molecular complexity index is 989. The van der Waals surface area contributed by atoms with Gasteiger partial charge in [-0.3, -0.25) is 9.10 Å². The summed E-state index contributed by atoms with van der Waals surface area (Å²) in [6.07, 6.45) is 1.80. The van der Waals surface area contributed by atoms with Gasteiger partial charge in [-0.15, -0.1) is 0 Å². The molecule has 1 aliphatic heterocycles. The van der Waals surface area contributed by atoms with E-state index in [1.165, 1.54) is 13.2 Å². The molecule has 0 saturated carbocycles. The van der Waals surface area contributed by atoms with Crippen LogP contribution in [0.4, 0.5) is 5.69 Å². The standard InChI is InChI=1S/C21H25ClN2O5S/c1-15-5-10-19(28-2)20(12-15)30(26,27)24(17-8-6-16(22)7-9-17)14-21(25)23-13-18-4-3-11-29-18/h5-10,12,18H,3-4,11,13-14H2,1-2H3,(H,23,25)/t18-/m1/s1. The van der Waals surface area contributed by atoms with Crippen LogP contribution in [0.5, 0.6) is 5.75 Å². The summed E-state index contributed by atoms with van der Waals surface area (Å²) in [6.45, 7) is 2.44. The van der Waals surface area contributed by atoms with Crippen LogP contribution < -0.4 is 14.4 Å². The molecule has 2 aromatic carbocycles. The molecule has 0 aliphatic carbocycles. The van der Waals surface area contributed by atoms with Crippen molar-refractivity contribution in [2.24, 2.45) is 0 Å². The van der Waals surface area contributed by atoms with Crippen molar-refractivity contribution >= 4 is 33.2 Å². The van der Waals surface area contributed by atoms with Crippen LogP contribution in [0.1, 0.15) is 18.4 Å². The van der Waals surface area contributed by atoms with Gasteiger partial charge >= 0.3 is 0 Å². The number of anilines is 1. The molecule has 1 heterocycles. The summed E-state index contributed by atoms with van der Waals surface area (Å²) in [6, 6.07) is 11.2. The molecule has 1 aliphatic rings. The van der Waals surface area contributed by atoms with Crippen LogP contribution in [0.2, 0.25) is 5.02 Å². The van der Waals surface area contributed by atoms with E-state index in [-0.39, 0.29) is 23.3 Å². The molecule has 1 N–H and O–H groups in total. The quantitative estimate of drug-likeness (QED) is 0.665. The largest absolute Gasteiger partial charge is 0.495 e. The van der Waals surface area contributed by atoms with E-state index >= 15 is 0 Å². The number of amides is 1. The lowest BCUT2D eigenvalue weighted by Crippen LogP contribution is -2.43. The molecule has 2 aromatic rings. The number of ether oxygens (including phenoxy) is 2. The number of hydrogen-bond acceptors (Lipinski definition) is 5. The molecule has 0 aromatic heterocycles. The first kappa shape index (κ1) is 22.4. The first-order chi connectivity index (χ1) is 14.3. The molecule has 9 heteroatoms. The minimum atomic E-state index is -4.09. The molecule has 162 valence electrons. The van der Waals surface area contributed by atoms with Crippen LogP contribution in [0.3, 0.4) is 0 Å². The number of carbonyl (C=O) groups excluding carboxylic acids is 1. The van der Waals surface area contributed by atoms with Gasteiger partial charge in [-0.2, -0.15) is 0 Å². The SMILES string of the molecule is COc1ccc(C)cc1S(=O)(=O)N(CC(=O)NC[C@H]1CCCO1)c1ccc(Cl)cc1. The number of methoxy groups -OCH3 is 1. The minimum absolute atomic E-state index is 0.00752. The number of halogens is 1. The number of carbonyl (C=O) groups is 1. The number of nitrogens with one attached hydrogen (secondary N) is 1. The molecule has 7 nitrogen and oxygen atoms in total. The van der Waals surface area contributed by atoms with Crippen LogP contribution in [-0.4, -0.2) is 47.2 Å². The van der Waals surface area contributed by atoms with Gasteiger partial charge in [-0.05, 0) is 61.7 Å². The van der Waals surface area contributed by atoms with Crippen molar-refractivity contribution in [2.75, 3.05) is 31.1 Å². The highest BCUT2D eigenvalue weighted by Crippen LogP contribution is 2.31. The van der Waals surface area contributed by atoms with Gasteiger partial charge in [0.2, 0.25) is 5.91 Å². The highest BCUT2D eigenvalue weighted by Gasteiger charge is 2.30. The van der Waals surface area contributed by atoms with E-state index in [1.807, 2.05) is 0 Å². The zero-order chi connectivity index (χ0) is 21.7. The van der Waals surface area contributed by atoms with E-state index in [0.29, 0.717) is 23.9 Å². The van der Waals surface area contributed by atoms with E-state index in [1.54, 1.807) is 43.3 Å². The molecule has 0 radical (unpaired) electrons. The Morgan fingerprint density at radius 2 is 2.00 bits per heavy atom. The predicted molar refractivity (Wildman–Crippen MR) is 116 cm³/mol. The molecule has 1 amide bonds. The number of benzene rings is 2. The highest BCUT2D eigenvalue weighted by molar-refractivity contribution is 7.93. The summed E-state index contributed by atoms with van der Waals surface area (Å²) in [4.78, 5) is 12.6. The molecule has 1 atom stereocenters. The average molecular weight is 453 g/mol. The fourth-order valence-electron chi connectivity index (χ4n) is 3.25. The number of sulfonamides is 1. The fraction of sp³-hybridized carbons (Fsp3) is 0.381. The van der Waals surface area contributed by atoms with Crippen LogP contribution >= 0.6 is 11.6 Å². The lowest BCUT2D eigenvalue weighted by atomic mass is 10.2. The zero-order valence-electron chi connectivity index (χ0n) is 16.9. The third-order valence-corrected chi connectivity index (χ3v) is 6.89. The maximum atomic E-state index is 13.6. The summed E-state index contributed by atoms with van der Waals surface area (Å²) in [7, 11) is -2.68. The third-order valence-electron chi connectivity index (χ3n) is 4.84. The second-order valence-corrected chi connectivity index (χ2v) is 9.35. The lowest BCUT2D eigenvalue weighted by Gasteiger charge is -2.25. The van der Waals surface area contributed by atoms with Crippen LogP contribution in [-0.2, 0) is 19.6 Å². The van der Waals surface area contributed by atoms with Crippen molar-refractivity contribution in [3.05, 3.63) is 53.1 Å². The molecule has 3 rings (SSSR count). The van der Waals surface area contributed by atoms with Gasteiger partial charge in [-0.25, -0.2) is 8.42 Å². The van der Waals surface area contributed by atoms with Crippen molar-refractivity contribution < 1.29 is 22.7 Å². The van der Waals surface area contributed by atoms with Crippen molar-refractivity contribution in [2.45, 2.75) is 30.8 Å². The summed E-state index contributed by atoms with van der Waals surface area (Å²) in [5.74, 6) is -0.213. The number of aryl methyl sites for hydroxylation is 1. The van der Waals surface area contributed by atoms with Crippen LogP contribution in [0, 0.1) is 6.92 Å². The molecule has 30 heavy (non-hydrogen) atoms. The van der Waals surface area contributed by atoms with Gasteiger partial charge in [0.05, 0.1) is 18.9 Å². The van der Waals surface area contributed by atoms with Gasteiger partial charge in [0, 0.05) is 18.2 Å². The lowest BCUT2D eigenvalue weighted by molar-refractivity contribution is -0.120. The molecule has 1 saturated heterocycles. The van der Waals surface area contributed by atoms with Gasteiger partial charge in [0.1, 0.15) is 17.2 Å². The number of hydrogen-bond donors (Lipinski definition) is 1. The molecular formula is C21H25ClN2O5S. The van der Waals surface area contributed by atoms with E-state index in [2.05, 4.69) is 5.32 Å². The monoisotopic (exact) mass is 452 g/mol. The van der Waals surface area contributed by atoms with Crippen LogP contribution in [0.25, 0.3) is 0 Å². The van der Waals surface area contributed by atoms with Gasteiger partial charge < -0.3 is 14.8 Å². The maximum absolute atomic E-state index is 13.6. The number of nitrogens with zero attached hydrogens (tertiary/aromatic N) is 1. The minimum Gasteiger partial charge on any atom is -0.495 e. The molecule has 0 bridgehead atoms. The molecular weight excluding hydrogens is 428 g/mol. The van der Waals surface area contributed by atoms with E-state index in [4.69, 9.17) is 21.1 Å². The van der Waals surface area contributed by atoms with E-state index < -0.39 is 15.9 Å². The average Bonchev–Trinajstić information content (AvgIpc) is 3.25. The Balaban J connectivity index is 1.91. The summed E-state index contributed by atoms with van der Waals surface area (Å²) in [5, 5.41) is 3.24. The second kappa shape index (κ2) is 9.68. The summed E-state index contributed by atoms with van der Waals surface area (Å²) >= 11 is 5.96. The van der Waals surface area contributed by atoms with Crippen molar-refractivity contribution in [3.8, 4) is 5.75 Å². The third kappa shape index (κ3) is 5.24. The summed E-state index contributed by atoms with van der Waals surface area (Å²) in [5.41, 5.74) is 1.09. The second-order valence-electron chi connectivity index (χ2n) is 7.08. The van der Waals surface area contributed by atoms with E-state index in [9.17, 15) is 13.2 Å². The van der Waals surface area contributed by atoms with Crippen LogP contribution in [0.15, 0.2) is 47.4 Å². The zero-order valence-corrected chi connectivity index (χ0v) is 18.5. The molecule has 0 unspecified atom stereocenters. The number of rotatable bonds is 8. The van der Waals surface area contributed by atoms with Crippen molar-refractivity contribution in [1.29, 1.82) is 0 Å². The Kier molecular flexibility index (Phi) is 7.23. The van der Waals surface area contributed by atoms with E-state index in [0.717, 1.165) is 22.7 Å². The Morgan fingerprint density at radius 3 is 2.63 bits per heavy atom. The van der Waals surface area contributed by atoms with Gasteiger partial charge in [-0.1, -0.05) is 17.7 Å². The Morgan fingerprint density at radius 1 is 1.27 bits per heavy atom. The normalized spacial score (nSPS) is 16.3. The molecule has 1 fully saturated rings. The Labute approximate surface area is 182 Å². The topological polar surface area (TPSA) is 84.9 Å². The maximum Gasteiger partial charge on any atom is 0.268 e. The Hall–Kier alpha value is -2.29. The first-order valence-corrected chi connectivity index (χ1v) is 11.4. The summed E-state index contributed by atoms with van der Waals surface area (Å²) < 4.78 is 38.9. The first-order valence-electron chi connectivity index (χ1n) is 9.62. The highest BCUT2D eigenvalue weighted by atomic mass is 35.5. The predicted octanol–water partition coefficient (Wildman–Crippen LogP) is 3.15. The van der Waals surface area contributed by atoms with Crippen molar-refractivity contribution in [3.63, 3.8) is 0 Å². The van der Waals surface area contributed by atoms with Crippen molar-refractivity contribution in [1.82, 2.24) is 5.32 Å². The van der Waals surface area contributed by atoms with Gasteiger partial charge in [0.15, 0.2) is 0 Å². The van der Waals surface area contributed by atoms with Gasteiger partial charge in [0.25, 0.3) is 10.0 Å². The molecule has 0 spiro atoms.